The highest BCUT2D eigenvalue weighted by atomic mass is 16.5. The average Bonchev–Trinajstić information content (AvgIpc) is 2.64. The number of carbonyl (C=O) groups is 3. The van der Waals surface area contributed by atoms with Crippen LogP contribution in [0.5, 0.6) is 0 Å². The van der Waals surface area contributed by atoms with Crippen molar-refractivity contribution >= 4 is 34.2 Å². The number of nitrogens with one attached hydrogen (secondary N) is 2. The lowest BCUT2D eigenvalue weighted by molar-refractivity contribution is -0.144. The molecule has 6 heteroatoms. The van der Waals surface area contributed by atoms with Gasteiger partial charge in [0.2, 0.25) is 11.8 Å². The monoisotopic (exact) mass is 370 g/mol. The molecule has 27 heavy (non-hydrogen) atoms. The van der Waals surface area contributed by atoms with Gasteiger partial charge in [0.25, 0.3) is 0 Å². The summed E-state index contributed by atoms with van der Waals surface area (Å²) in [5.41, 5.74) is 0.671. The molecule has 0 bridgehead atoms. The van der Waals surface area contributed by atoms with Crippen molar-refractivity contribution in [3.63, 3.8) is 0 Å². The first-order valence-electron chi connectivity index (χ1n) is 9.15. The van der Waals surface area contributed by atoms with Crippen LogP contribution in [0.25, 0.3) is 10.8 Å². The molecule has 144 valence electrons. The van der Waals surface area contributed by atoms with Crippen LogP contribution in [0.2, 0.25) is 0 Å². The Morgan fingerprint density at radius 3 is 2.37 bits per heavy atom. The quantitative estimate of drug-likeness (QED) is 0.699. The predicted octanol–water partition coefficient (Wildman–Crippen LogP) is 3.26. The van der Waals surface area contributed by atoms with Crippen molar-refractivity contribution in [3.05, 3.63) is 42.5 Å². The highest BCUT2D eigenvalue weighted by molar-refractivity contribution is 5.99. The summed E-state index contributed by atoms with van der Waals surface area (Å²) in [6.07, 6.45) is -0.0118. The molecule has 6 nitrogen and oxygen atoms in total. The molecule has 1 atom stereocenters. The second-order valence-corrected chi connectivity index (χ2v) is 6.65. The molecule has 0 aromatic heterocycles. The van der Waals surface area contributed by atoms with Gasteiger partial charge in [0.05, 0.1) is 13.0 Å². The van der Waals surface area contributed by atoms with Crippen molar-refractivity contribution < 1.29 is 19.1 Å². The molecule has 0 saturated carbocycles. The number of fused-ring (bicyclic) bond motifs is 1. The van der Waals surface area contributed by atoms with Crippen molar-refractivity contribution in [2.45, 2.75) is 39.7 Å². The van der Waals surface area contributed by atoms with Gasteiger partial charge in [-0.05, 0) is 35.7 Å². The van der Waals surface area contributed by atoms with Crippen LogP contribution in [-0.2, 0) is 19.1 Å². The van der Waals surface area contributed by atoms with Crippen molar-refractivity contribution in [2.24, 2.45) is 5.92 Å². The Morgan fingerprint density at radius 2 is 1.70 bits per heavy atom. The van der Waals surface area contributed by atoms with E-state index in [1.165, 1.54) is 0 Å². The molecule has 2 N–H and O–H groups in total. The summed E-state index contributed by atoms with van der Waals surface area (Å²) >= 11 is 0. The molecule has 0 fully saturated rings. The van der Waals surface area contributed by atoms with Crippen LogP contribution in [0, 0.1) is 5.92 Å². The zero-order chi connectivity index (χ0) is 19.8. The van der Waals surface area contributed by atoms with Crippen LogP contribution in [0.3, 0.4) is 0 Å². The molecule has 2 amide bonds. The van der Waals surface area contributed by atoms with Crippen LogP contribution < -0.4 is 10.6 Å². The molecule has 0 radical (unpaired) electrons. The molecule has 0 saturated heterocycles. The second-order valence-electron chi connectivity index (χ2n) is 6.65. The fourth-order valence-electron chi connectivity index (χ4n) is 2.72. The van der Waals surface area contributed by atoms with Gasteiger partial charge in [-0.2, -0.15) is 0 Å². The van der Waals surface area contributed by atoms with E-state index < -0.39 is 12.0 Å². The van der Waals surface area contributed by atoms with E-state index in [2.05, 4.69) is 10.6 Å². The largest absolute Gasteiger partial charge is 0.466 e. The number of anilines is 1. The first-order valence-corrected chi connectivity index (χ1v) is 9.15. The highest BCUT2D eigenvalue weighted by Crippen LogP contribution is 2.19. The summed E-state index contributed by atoms with van der Waals surface area (Å²) in [5.74, 6) is -1.16. The molecule has 2 aromatic rings. The van der Waals surface area contributed by atoms with E-state index in [0.717, 1.165) is 10.8 Å². The molecule has 0 aliphatic carbocycles. The Labute approximate surface area is 159 Å². The number of benzene rings is 2. The van der Waals surface area contributed by atoms with Gasteiger partial charge >= 0.3 is 5.97 Å². The minimum Gasteiger partial charge on any atom is -0.466 e. The molecule has 0 aliphatic rings. The van der Waals surface area contributed by atoms with Gasteiger partial charge in [0.15, 0.2) is 0 Å². The number of carbonyl (C=O) groups excluding carboxylic acids is 3. The molecule has 0 spiro atoms. The topological polar surface area (TPSA) is 84.5 Å². The third kappa shape index (κ3) is 6.09. The van der Waals surface area contributed by atoms with Gasteiger partial charge in [-0.25, -0.2) is 0 Å². The molecule has 2 aromatic carbocycles. The Balaban J connectivity index is 1.99. The van der Waals surface area contributed by atoms with E-state index in [-0.39, 0.29) is 37.2 Å². The summed E-state index contributed by atoms with van der Waals surface area (Å²) in [4.78, 5) is 36.1. The summed E-state index contributed by atoms with van der Waals surface area (Å²) in [5, 5.41) is 7.68. The van der Waals surface area contributed by atoms with E-state index >= 15 is 0 Å². The number of hydrogen-bond donors (Lipinski definition) is 2. The minimum atomic E-state index is -0.689. The van der Waals surface area contributed by atoms with Crippen LogP contribution in [-0.4, -0.2) is 30.4 Å². The zero-order valence-corrected chi connectivity index (χ0v) is 16.0. The van der Waals surface area contributed by atoms with Crippen molar-refractivity contribution in [1.82, 2.24) is 5.32 Å². The average molecular weight is 370 g/mol. The maximum Gasteiger partial charge on any atom is 0.306 e. The maximum absolute atomic E-state index is 12.6. The predicted molar refractivity (Wildman–Crippen MR) is 105 cm³/mol. The van der Waals surface area contributed by atoms with Gasteiger partial charge in [-0.15, -0.1) is 0 Å². The fourth-order valence-corrected chi connectivity index (χ4v) is 2.72. The second kappa shape index (κ2) is 9.71. The summed E-state index contributed by atoms with van der Waals surface area (Å²) < 4.78 is 4.81. The van der Waals surface area contributed by atoms with E-state index in [0.29, 0.717) is 5.69 Å². The SMILES string of the molecule is CCOC(=O)CCC(=O)NC(C(=O)Nc1ccc2ccccc2c1)C(C)C. The van der Waals surface area contributed by atoms with Gasteiger partial charge in [-0.1, -0.05) is 44.2 Å². The molecule has 0 heterocycles. The van der Waals surface area contributed by atoms with E-state index in [4.69, 9.17) is 4.74 Å². The molecular weight excluding hydrogens is 344 g/mol. The van der Waals surface area contributed by atoms with Gasteiger partial charge in [0, 0.05) is 12.1 Å². The standard InChI is InChI=1S/C21H26N2O4/c1-4-27-19(25)12-11-18(24)23-20(14(2)3)21(26)22-17-10-9-15-7-5-6-8-16(15)13-17/h5-10,13-14,20H,4,11-12H2,1-3H3,(H,22,26)(H,23,24). The number of amides is 2. The summed E-state index contributed by atoms with van der Waals surface area (Å²) in [6.45, 7) is 5.71. The number of ether oxygens (including phenoxy) is 1. The third-order valence-electron chi connectivity index (χ3n) is 4.14. The minimum absolute atomic E-state index is 0.00319. The van der Waals surface area contributed by atoms with Crippen molar-refractivity contribution in [3.8, 4) is 0 Å². The fraction of sp³-hybridized carbons (Fsp3) is 0.381. The maximum atomic E-state index is 12.6. The number of rotatable bonds is 8. The number of esters is 1. The zero-order valence-electron chi connectivity index (χ0n) is 16.0. The Kier molecular flexibility index (Phi) is 7.34. The summed E-state index contributed by atoms with van der Waals surface area (Å²) in [7, 11) is 0. The highest BCUT2D eigenvalue weighted by Gasteiger charge is 2.24. The van der Waals surface area contributed by atoms with Gasteiger partial charge in [-0.3, -0.25) is 14.4 Å². The normalized spacial score (nSPS) is 11.9. The first kappa shape index (κ1) is 20.4. The smallest absolute Gasteiger partial charge is 0.306 e. The third-order valence-corrected chi connectivity index (χ3v) is 4.14. The Morgan fingerprint density at radius 1 is 1.00 bits per heavy atom. The van der Waals surface area contributed by atoms with Crippen molar-refractivity contribution in [1.29, 1.82) is 0 Å². The van der Waals surface area contributed by atoms with Crippen molar-refractivity contribution in [2.75, 3.05) is 11.9 Å². The molecule has 0 aliphatic heterocycles. The molecule has 1 unspecified atom stereocenters. The van der Waals surface area contributed by atoms with Crippen LogP contribution in [0.4, 0.5) is 5.69 Å². The lowest BCUT2D eigenvalue weighted by atomic mass is 10.0. The lowest BCUT2D eigenvalue weighted by Crippen LogP contribution is -2.47. The Bertz CT molecular complexity index is 817. The van der Waals surface area contributed by atoms with Gasteiger partial charge < -0.3 is 15.4 Å². The Hall–Kier alpha value is -2.89. The molecular formula is C21H26N2O4. The number of hydrogen-bond acceptors (Lipinski definition) is 4. The van der Waals surface area contributed by atoms with Crippen LogP contribution in [0.15, 0.2) is 42.5 Å². The lowest BCUT2D eigenvalue weighted by Gasteiger charge is -2.22. The van der Waals surface area contributed by atoms with Crippen LogP contribution >= 0.6 is 0 Å². The van der Waals surface area contributed by atoms with E-state index in [1.807, 2.05) is 56.3 Å². The van der Waals surface area contributed by atoms with Gasteiger partial charge in [0.1, 0.15) is 6.04 Å². The summed E-state index contributed by atoms with van der Waals surface area (Å²) in [6, 6.07) is 12.9. The molecule has 2 rings (SSSR count). The van der Waals surface area contributed by atoms with E-state index in [9.17, 15) is 14.4 Å². The van der Waals surface area contributed by atoms with E-state index in [1.54, 1.807) is 6.92 Å². The van der Waals surface area contributed by atoms with Crippen LogP contribution in [0.1, 0.15) is 33.6 Å². The first-order chi connectivity index (χ1) is 12.9.